The van der Waals surface area contributed by atoms with Crippen molar-refractivity contribution >= 4 is 34.1 Å². The van der Waals surface area contributed by atoms with E-state index >= 15 is 0 Å². The molecule has 3 heterocycles. The van der Waals surface area contributed by atoms with Crippen LogP contribution in [0.4, 0.5) is 4.79 Å². The highest BCUT2D eigenvalue weighted by atomic mass is 32.1. The molecule has 0 radical (unpaired) electrons. The van der Waals surface area contributed by atoms with Crippen LogP contribution in [0.2, 0.25) is 0 Å². The largest absolute Gasteiger partial charge is 0.506 e. The molecule has 5 aromatic rings. The highest BCUT2D eigenvalue weighted by molar-refractivity contribution is 7.08. The first kappa shape index (κ1) is 40.6. The minimum absolute atomic E-state index is 0.0289. The van der Waals surface area contributed by atoms with Crippen LogP contribution in [0.3, 0.4) is 0 Å². The van der Waals surface area contributed by atoms with E-state index in [1.807, 2.05) is 71.4 Å². The highest BCUT2D eigenvalue weighted by Crippen LogP contribution is 2.30. The third-order valence-electron chi connectivity index (χ3n) is 10.5. The Labute approximate surface area is 331 Å². The van der Waals surface area contributed by atoms with E-state index in [1.165, 1.54) is 12.1 Å². The zero-order chi connectivity index (χ0) is 39.3. The Bertz CT molecular complexity index is 2070. The Hall–Kier alpha value is -5.01. The molecule has 5 N–H and O–H groups in total. The van der Waals surface area contributed by atoms with Crippen molar-refractivity contribution in [1.82, 2.24) is 20.5 Å². The fourth-order valence-electron chi connectivity index (χ4n) is 7.36. The third-order valence-corrected chi connectivity index (χ3v) is 11.2. The topological polar surface area (TPSA) is 153 Å². The molecule has 4 atom stereocenters. The van der Waals surface area contributed by atoms with Gasteiger partial charge in [0.1, 0.15) is 17.6 Å². The van der Waals surface area contributed by atoms with Gasteiger partial charge in [0, 0.05) is 30.1 Å². The van der Waals surface area contributed by atoms with E-state index in [1.54, 1.807) is 23.5 Å². The number of ether oxygens (including phenoxy) is 2. The number of carbonyl (C=O) groups excluding carboxylic acids is 2. The summed E-state index contributed by atoms with van der Waals surface area (Å²) in [4.78, 5) is 42.8. The van der Waals surface area contributed by atoms with Crippen molar-refractivity contribution in [3.63, 3.8) is 0 Å². The summed E-state index contributed by atoms with van der Waals surface area (Å²) in [5.41, 5.74) is 3.20. The van der Waals surface area contributed by atoms with E-state index in [-0.39, 0.29) is 29.1 Å². The van der Waals surface area contributed by atoms with Gasteiger partial charge in [-0.2, -0.15) is 11.3 Å². The number of likely N-dealkylation sites (tertiary alicyclic amines) is 1. The number of H-pyrrole nitrogens is 1. The maximum Gasteiger partial charge on any atom is 0.408 e. The number of aliphatic hydroxyl groups is 1. The van der Waals surface area contributed by atoms with Gasteiger partial charge in [0.15, 0.2) is 5.78 Å². The monoisotopic (exact) mass is 780 g/mol. The van der Waals surface area contributed by atoms with Crippen molar-refractivity contribution in [2.24, 2.45) is 5.92 Å². The number of hydrogen-bond donors (Lipinski definition) is 5. The van der Waals surface area contributed by atoms with Gasteiger partial charge in [-0.3, -0.25) is 14.5 Å². The van der Waals surface area contributed by atoms with Crippen LogP contribution in [-0.4, -0.2) is 77.4 Å². The number of fused-ring (bicyclic) bond motifs is 1. The van der Waals surface area contributed by atoms with Crippen LogP contribution >= 0.6 is 11.3 Å². The van der Waals surface area contributed by atoms with E-state index < -0.39 is 18.2 Å². The van der Waals surface area contributed by atoms with Crippen molar-refractivity contribution in [2.45, 2.75) is 63.7 Å². The molecule has 0 spiro atoms. The fraction of sp³-hybridized carbons (Fsp3) is 0.386. The average molecular weight is 781 g/mol. The van der Waals surface area contributed by atoms with E-state index in [9.17, 15) is 24.6 Å². The number of carbonyl (C=O) groups is 2. The molecule has 6 rings (SSSR count). The third kappa shape index (κ3) is 11.1. The van der Waals surface area contributed by atoms with Gasteiger partial charge in [-0.25, -0.2) is 4.79 Å². The molecule has 12 heteroatoms. The predicted octanol–water partition coefficient (Wildman–Crippen LogP) is 7.36. The Morgan fingerprint density at radius 3 is 2.62 bits per heavy atom. The highest BCUT2D eigenvalue weighted by Gasteiger charge is 2.33. The number of benzene rings is 3. The maximum absolute atomic E-state index is 13.5. The molecule has 56 heavy (non-hydrogen) atoms. The van der Waals surface area contributed by atoms with Crippen LogP contribution in [0.15, 0.2) is 100 Å². The summed E-state index contributed by atoms with van der Waals surface area (Å²) >= 11 is 1.57. The quantitative estimate of drug-likeness (QED) is 0.0428. The van der Waals surface area contributed by atoms with Crippen molar-refractivity contribution < 1.29 is 29.3 Å². The van der Waals surface area contributed by atoms with Crippen LogP contribution in [0, 0.1) is 5.92 Å². The van der Waals surface area contributed by atoms with E-state index in [2.05, 4.69) is 27.4 Å². The number of unbranched alkanes of at least 4 members (excludes halogenated alkanes) is 3. The molecule has 0 saturated carbocycles. The number of phenols is 1. The summed E-state index contributed by atoms with van der Waals surface area (Å²) < 4.78 is 12.2. The summed E-state index contributed by atoms with van der Waals surface area (Å²) in [5, 5.41) is 31.9. The van der Waals surface area contributed by atoms with E-state index in [4.69, 9.17) is 9.47 Å². The van der Waals surface area contributed by atoms with Crippen molar-refractivity contribution in [3.8, 4) is 11.5 Å². The van der Waals surface area contributed by atoms with Gasteiger partial charge in [-0.05, 0) is 102 Å². The standard InChI is InChI=1S/C44H52N4O7S/c1-2-30-19-22-48(27-39(51)31-11-6-5-7-12-31)28-40(30)55-44(53)47-42(33-20-24-56-29-33)32-13-10-14-34(25-32)54-23-9-4-3-8-21-45-26-38(50)35-15-17-37(49)43-36(35)16-18-41(52)46-43/h5-7,10-18,20,24-25,29-30,38,40,42,45,49-50H,2-4,8-9,19,21-23,26-28H2,1H3,(H,46,52)(H,47,53). The Balaban J connectivity index is 0.939. The number of nitrogens with zero attached hydrogens (tertiary/aromatic N) is 1. The molecule has 2 aromatic heterocycles. The van der Waals surface area contributed by atoms with Gasteiger partial charge >= 0.3 is 6.09 Å². The van der Waals surface area contributed by atoms with E-state index in [0.29, 0.717) is 48.3 Å². The maximum atomic E-state index is 13.5. The summed E-state index contributed by atoms with van der Waals surface area (Å²) in [6.45, 7) is 5.38. The Kier molecular flexibility index (Phi) is 14.7. The molecule has 296 valence electrons. The first-order chi connectivity index (χ1) is 27.3. The summed E-state index contributed by atoms with van der Waals surface area (Å²) in [6, 6.07) is 24.9. The molecule has 3 aromatic carbocycles. The van der Waals surface area contributed by atoms with Crippen LogP contribution in [-0.2, 0) is 4.74 Å². The number of phenolic OH excluding ortho intramolecular Hbond substituents is 1. The molecule has 0 bridgehead atoms. The zero-order valence-electron chi connectivity index (χ0n) is 31.8. The molecule has 1 aliphatic rings. The van der Waals surface area contributed by atoms with Crippen molar-refractivity contribution in [1.29, 1.82) is 0 Å². The smallest absolute Gasteiger partial charge is 0.408 e. The second-order valence-corrected chi connectivity index (χ2v) is 15.2. The number of aromatic hydroxyl groups is 1. The Morgan fingerprint density at radius 1 is 0.982 bits per heavy atom. The lowest BCUT2D eigenvalue weighted by Crippen LogP contribution is -2.48. The number of alkyl carbamates (subject to hydrolysis) is 1. The number of amides is 1. The molecule has 1 saturated heterocycles. The molecule has 1 aliphatic heterocycles. The minimum atomic E-state index is -0.784. The number of Topliss-reactive ketones (excluding diaryl/α,β-unsaturated/α-hetero) is 1. The van der Waals surface area contributed by atoms with E-state index in [0.717, 1.165) is 68.5 Å². The van der Waals surface area contributed by atoms with Crippen LogP contribution in [0.1, 0.15) is 84.6 Å². The lowest BCUT2D eigenvalue weighted by atomic mass is 9.91. The molecular formula is C44H52N4O7S. The van der Waals surface area contributed by atoms with Crippen molar-refractivity contribution in [3.05, 3.63) is 128 Å². The number of aromatic nitrogens is 1. The van der Waals surface area contributed by atoms with Gasteiger partial charge in [-0.1, -0.05) is 68.3 Å². The number of aliphatic hydroxyl groups excluding tert-OH is 1. The Morgan fingerprint density at radius 2 is 1.82 bits per heavy atom. The molecule has 1 fully saturated rings. The second-order valence-electron chi connectivity index (χ2n) is 14.4. The number of piperidine rings is 1. The minimum Gasteiger partial charge on any atom is -0.506 e. The van der Waals surface area contributed by atoms with Gasteiger partial charge in [0.05, 0.1) is 30.8 Å². The average Bonchev–Trinajstić information content (AvgIpc) is 3.75. The molecular weight excluding hydrogens is 729 g/mol. The number of aromatic amines is 1. The zero-order valence-corrected chi connectivity index (χ0v) is 32.6. The van der Waals surface area contributed by atoms with Gasteiger partial charge in [0.2, 0.25) is 5.56 Å². The van der Waals surface area contributed by atoms with Crippen molar-refractivity contribution in [2.75, 3.05) is 39.3 Å². The second kappa shape index (κ2) is 20.2. The van der Waals surface area contributed by atoms with Gasteiger partial charge in [0.25, 0.3) is 0 Å². The number of rotatable bonds is 19. The summed E-state index contributed by atoms with van der Waals surface area (Å²) in [5.74, 6) is 0.986. The molecule has 11 nitrogen and oxygen atoms in total. The first-order valence-corrected chi connectivity index (χ1v) is 20.5. The van der Waals surface area contributed by atoms with Crippen LogP contribution in [0.25, 0.3) is 10.9 Å². The number of ketones is 1. The van der Waals surface area contributed by atoms with Crippen LogP contribution < -0.4 is 20.9 Å². The van der Waals surface area contributed by atoms with Gasteiger partial charge < -0.3 is 35.3 Å². The fourth-order valence-corrected chi connectivity index (χ4v) is 8.04. The normalized spacial score (nSPS) is 17.0. The first-order valence-electron chi connectivity index (χ1n) is 19.5. The summed E-state index contributed by atoms with van der Waals surface area (Å²) in [7, 11) is 0. The molecule has 1 amide bonds. The number of nitrogens with one attached hydrogen (secondary N) is 3. The summed E-state index contributed by atoms with van der Waals surface area (Å²) in [6.07, 6.45) is 3.98. The van der Waals surface area contributed by atoms with Gasteiger partial charge in [-0.15, -0.1) is 0 Å². The number of hydrogen-bond acceptors (Lipinski definition) is 10. The molecule has 4 unspecified atom stereocenters. The SMILES string of the molecule is CCC1CCN(CC(=O)c2ccccc2)CC1OC(=O)NC(c1ccsc1)c1cccc(OCCCCCCNCC(O)c2ccc(O)c3[nH]c(=O)ccc23)c1. The predicted molar refractivity (Wildman–Crippen MR) is 220 cm³/mol. The number of thiophene rings is 1. The lowest BCUT2D eigenvalue weighted by Gasteiger charge is -2.37. The molecule has 0 aliphatic carbocycles. The lowest BCUT2D eigenvalue weighted by molar-refractivity contribution is 0.00337. The van der Waals surface area contributed by atoms with Crippen LogP contribution in [0.5, 0.6) is 11.5 Å². The number of pyridine rings is 1.